The van der Waals surface area contributed by atoms with Gasteiger partial charge in [0.1, 0.15) is 0 Å². The van der Waals surface area contributed by atoms with Gasteiger partial charge in [-0.25, -0.2) is 0 Å². The lowest BCUT2D eigenvalue weighted by Crippen LogP contribution is -2.69. The van der Waals surface area contributed by atoms with E-state index in [0.717, 1.165) is 88.6 Å². The van der Waals surface area contributed by atoms with Crippen molar-refractivity contribution in [3.63, 3.8) is 0 Å². The molecule has 1 unspecified atom stereocenters. The van der Waals surface area contributed by atoms with Crippen LogP contribution in [0.25, 0.3) is 17.2 Å². The maximum atomic E-state index is 14.5. The van der Waals surface area contributed by atoms with Gasteiger partial charge in [0.2, 0.25) is 0 Å². The molecule has 3 aromatic carbocycles. The van der Waals surface area contributed by atoms with Gasteiger partial charge in [-0.2, -0.15) is 0 Å². The first-order valence-corrected chi connectivity index (χ1v) is 31.9. The number of hydrogen-bond acceptors (Lipinski definition) is 6. The third-order valence-corrected chi connectivity index (χ3v) is 25.0. The molecule has 420 valence electrons. The number of hydrogen-bond donors (Lipinski definition) is 6. The fourth-order valence-electron chi connectivity index (χ4n) is 22.1. The van der Waals surface area contributed by atoms with Gasteiger partial charge in [-0.15, -0.1) is 11.8 Å². The molecule has 7 nitrogen and oxygen atoms in total. The van der Waals surface area contributed by atoms with Gasteiger partial charge >= 0.3 is 5.97 Å². The molecule has 0 aromatic heterocycles. The lowest BCUT2D eigenvalue weighted by atomic mass is 9.29. The molecule has 4 fully saturated rings. The van der Waals surface area contributed by atoms with Crippen molar-refractivity contribution in [1.29, 1.82) is 0 Å². The summed E-state index contributed by atoms with van der Waals surface area (Å²) in [5.74, 6) is 8.12. The summed E-state index contributed by atoms with van der Waals surface area (Å²) >= 11 is 0. The monoisotopic (exact) mass is 1080 g/mol. The number of carboxylic acid groups (broad SMARTS) is 1. The van der Waals surface area contributed by atoms with Gasteiger partial charge in [0.25, 0.3) is 0 Å². The standard InChI is InChI=1S/C74H84N2O5/c1-70-54-36-47(35-46-15-4-2-5-16-46)40-73(70)43-63(78)67(70)58(68(80)81)27-25-53(45-77)55(48-17-6-3-7-18-48)24-13-34-75-65-28-26-52(44-76-65)49-20-12-21-50(37-49)56-23-10-11-31-72-32-14-30-71-41-59-60(38-51-19-8-9-22-57(51)66(56)59)74(69(71)72,33-29-64(72)79)61(39-54)62(73)42-71/h2,4-5,8-9,12,14-16,19-22,26,28,30,37-38,41,45,47-48,54-56,58,60,63-64,67,69,75-79H,3,6-7,13,17-18,23-25,27,29,31-36,39-40,42-44H2,1H3,(H,80,81)/b53-45+/t47-,54+,55+,56-,58-,60+,63-,64+,67+,69?,70-,71-,72-,73+,74+/m1/s1. The lowest BCUT2D eigenvalue weighted by molar-refractivity contribution is -0.177. The first-order chi connectivity index (χ1) is 39.5. The highest BCUT2D eigenvalue weighted by Gasteiger charge is 2.78. The number of dihydropyridines is 1. The van der Waals surface area contributed by atoms with Gasteiger partial charge in [-0.05, 0) is 187 Å². The SMILES string of the molecule is C[C@@]12[C@@H]3CC4=C5C[C@@]67C=CC[C@]89CC#CC[C@@H](C%10=c%11ccccc%11=C[C@@H](C%10=C6)[C@]4(CC[C@@H]8O)C79)c4cccc(c4)C4=CC=C(NCCC[C@@H](C6CCCCC6)/C(=C/O)CC[C@@H](C(=O)O)[C@H]1[C@H](O)C[C@@]52C[C@H](Cc1ccccc1)C3)NC4. The first-order valence-electron chi connectivity index (χ1n) is 31.9. The summed E-state index contributed by atoms with van der Waals surface area (Å²) in [5.41, 5.74) is 10.0. The molecule has 0 saturated heterocycles. The van der Waals surface area contributed by atoms with E-state index in [1.165, 1.54) is 69.4 Å². The van der Waals surface area contributed by atoms with E-state index >= 15 is 0 Å². The molecule has 2 spiro atoms. The topological polar surface area (TPSA) is 122 Å². The van der Waals surface area contributed by atoms with Crippen molar-refractivity contribution < 1.29 is 25.2 Å². The van der Waals surface area contributed by atoms with E-state index in [4.69, 9.17) is 0 Å². The zero-order valence-electron chi connectivity index (χ0n) is 47.7. The zero-order chi connectivity index (χ0) is 54.9. The fourth-order valence-corrected chi connectivity index (χ4v) is 22.1. The number of aliphatic hydroxyl groups excluding tert-OH is 3. The second-order valence-corrected chi connectivity index (χ2v) is 28.2. The largest absolute Gasteiger partial charge is 0.516 e. The maximum Gasteiger partial charge on any atom is 0.306 e. The quantitative estimate of drug-likeness (QED) is 0.0874. The number of aliphatic hydroxyl groups is 3. The summed E-state index contributed by atoms with van der Waals surface area (Å²) in [6.45, 7) is 3.99. The van der Waals surface area contributed by atoms with E-state index in [2.05, 4.69) is 145 Å². The average molecular weight is 1080 g/mol. The van der Waals surface area contributed by atoms with Gasteiger partial charge in [-0.3, -0.25) is 4.79 Å². The van der Waals surface area contributed by atoms with Crippen molar-refractivity contribution in [2.24, 2.45) is 74.4 Å². The number of nitrogens with one attached hydrogen (secondary N) is 2. The van der Waals surface area contributed by atoms with E-state index in [0.29, 0.717) is 56.9 Å². The van der Waals surface area contributed by atoms with E-state index in [1.54, 1.807) is 11.1 Å². The Morgan fingerprint density at radius 3 is 2.56 bits per heavy atom. The van der Waals surface area contributed by atoms with Crippen LogP contribution in [0.2, 0.25) is 0 Å². The fraction of sp³-hybridized carbons (Fsp3) is 0.527. The van der Waals surface area contributed by atoms with E-state index < -0.39 is 51.7 Å². The number of rotatable bonds is 4. The molecule has 16 aliphatic rings. The number of carbonyl (C=O) groups is 1. The molecule has 0 amide bonds. The molecule has 0 radical (unpaired) electrons. The van der Waals surface area contributed by atoms with Gasteiger partial charge < -0.3 is 31.1 Å². The molecular formula is C74H84N2O5. The highest BCUT2D eigenvalue weighted by atomic mass is 16.4. The van der Waals surface area contributed by atoms with Crippen molar-refractivity contribution in [3.05, 3.63) is 171 Å². The molecule has 6 aliphatic heterocycles. The molecule has 6 N–H and O–H groups in total. The summed E-state index contributed by atoms with van der Waals surface area (Å²) < 4.78 is 0. The van der Waals surface area contributed by atoms with Crippen LogP contribution in [-0.2, 0) is 11.2 Å². The van der Waals surface area contributed by atoms with Crippen molar-refractivity contribution in [2.75, 3.05) is 13.1 Å². The Hall–Kier alpha value is -5.81. The van der Waals surface area contributed by atoms with E-state index in [-0.39, 0.29) is 35.0 Å². The van der Waals surface area contributed by atoms with Crippen LogP contribution in [0.1, 0.15) is 152 Å². The molecule has 6 heterocycles. The van der Waals surface area contributed by atoms with E-state index in [9.17, 15) is 25.2 Å². The second kappa shape index (κ2) is 19.7. The Bertz CT molecular complexity index is 3460. The number of aliphatic carboxylic acids is 1. The van der Waals surface area contributed by atoms with Crippen molar-refractivity contribution >= 4 is 23.2 Å². The third-order valence-electron chi connectivity index (χ3n) is 25.0. The van der Waals surface area contributed by atoms with Gasteiger partial charge in [0, 0.05) is 65.3 Å². The van der Waals surface area contributed by atoms with Crippen LogP contribution in [0.4, 0.5) is 0 Å². The summed E-state index contributed by atoms with van der Waals surface area (Å²) in [6.07, 6.45) is 32.7. The number of allylic oxidation sites excluding steroid dienone is 9. The van der Waals surface area contributed by atoms with Crippen LogP contribution in [0.3, 0.4) is 0 Å². The Balaban J connectivity index is 0.962. The molecule has 15 atom stereocenters. The minimum Gasteiger partial charge on any atom is -0.516 e. The first kappa shape index (κ1) is 52.0. The van der Waals surface area contributed by atoms with Crippen LogP contribution >= 0.6 is 0 Å². The Labute approximate surface area is 480 Å². The summed E-state index contributed by atoms with van der Waals surface area (Å²) in [7, 11) is 0. The van der Waals surface area contributed by atoms with Crippen LogP contribution < -0.4 is 21.1 Å². The lowest BCUT2D eigenvalue weighted by Gasteiger charge is -2.74. The van der Waals surface area contributed by atoms with Crippen molar-refractivity contribution in [3.8, 4) is 11.8 Å². The van der Waals surface area contributed by atoms with Crippen LogP contribution in [0.15, 0.2) is 144 Å². The predicted molar refractivity (Wildman–Crippen MR) is 321 cm³/mol. The molecule has 3 aromatic rings. The Morgan fingerprint density at radius 1 is 0.877 bits per heavy atom. The second-order valence-electron chi connectivity index (χ2n) is 28.2. The summed E-state index contributed by atoms with van der Waals surface area (Å²) in [6, 6.07) is 29.6. The number of carboxylic acids is 1. The van der Waals surface area contributed by atoms with Crippen molar-refractivity contribution in [2.45, 2.75) is 153 Å². The summed E-state index contributed by atoms with van der Waals surface area (Å²) in [4.78, 5) is 14.5. The maximum absolute atomic E-state index is 14.5. The highest BCUT2D eigenvalue weighted by molar-refractivity contribution is 5.80. The third kappa shape index (κ3) is 7.69. The smallest absolute Gasteiger partial charge is 0.306 e. The number of benzene rings is 3. The molecule has 7 heteroatoms. The molecule has 10 aliphatic carbocycles. The van der Waals surface area contributed by atoms with Crippen LogP contribution in [0.5, 0.6) is 0 Å². The Kier molecular flexibility index (Phi) is 12.6. The van der Waals surface area contributed by atoms with Gasteiger partial charge in [0.05, 0.1) is 30.2 Å². The minimum atomic E-state index is -0.804. The molecule has 18 bridgehead atoms. The normalized spacial score (nSPS) is 40.6. The molecule has 19 rings (SSSR count). The van der Waals surface area contributed by atoms with Gasteiger partial charge in [0.15, 0.2) is 0 Å². The number of fused-ring (bicyclic) bond motifs is 1. The Morgan fingerprint density at radius 2 is 1.73 bits per heavy atom. The minimum absolute atomic E-state index is 0.0101. The zero-order valence-corrected chi connectivity index (χ0v) is 47.7. The van der Waals surface area contributed by atoms with Crippen LogP contribution in [0, 0.1) is 86.3 Å². The van der Waals surface area contributed by atoms with Crippen molar-refractivity contribution in [1.82, 2.24) is 10.6 Å². The van der Waals surface area contributed by atoms with E-state index in [1.807, 2.05) is 0 Å². The average Bonchev–Trinajstić information content (AvgIpc) is 1.90. The van der Waals surface area contributed by atoms with Crippen LogP contribution in [-0.4, -0.2) is 51.7 Å². The molecule has 81 heavy (non-hydrogen) atoms. The predicted octanol–water partition coefficient (Wildman–Crippen LogP) is 12.5. The molecule has 4 saturated carbocycles. The van der Waals surface area contributed by atoms with Gasteiger partial charge in [-0.1, -0.05) is 147 Å². The highest BCUT2D eigenvalue weighted by Crippen LogP contribution is 2.84. The molecular weight excluding hydrogens is 997 g/mol. The summed E-state index contributed by atoms with van der Waals surface area (Å²) in [5, 5.41) is 59.7.